The quantitative estimate of drug-likeness (QED) is 0.402. The molecular weight excluding hydrogens is 454 g/mol. The van der Waals surface area contributed by atoms with Crippen molar-refractivity contribution in [1.29, 1.82) is 0 Å². The number of aromatic nitrogens is 2. The number of carbonyl (C=O) groups excluding carboxylic acids is 2. The highest BCUT2D eigenvalue weighted by atomic mass is 16.5. The first-order valence-electron chi connectivity index (χ1n) is 12.5. The van der Waals surface area contributed by atoms with Crippen molar-refractivity contribution in [1.82, 2.24) is 14.5 Å². The Morgan fingerprint density at radius 1 is 1.03 bits per heavy atom. The number of Topliss-reactive ketones (excluding diaryl/α,β-unsaturated/α-hetero) is 1. The lowest BCUT2D eigenvalue weighted by molar-refractivity contribution is 0.0898. The van der Waals surface area contributed by atoms with Crippen LogP contribution in [0, 0.1) is 5.92 Å². The molecule has 2 unspecified atom stereocenters. The number of rotatable bonds is 6. The summed E-state index contributed by atoms with van der Waals surface area (Å²) in [5.74, 6) is 0.219. The summed E-state index contributed by atoms with van der Waals surface area (Å²) in [7, 11) is 3.26. The van der Waals surface area contributed by atoms with Crippen LogP contribution in [-0.4, -0.2) is 34.0 Å². The number of nitrogens with zero attached hydrogens (tertiary/aromatic N) is 2. The van der Waals surface area contributed by atoms with E-state index in [1.54, 1.807) is 35.9 Å². The van der Waals surface area contributed by atoms with Gasteiger partial charge in [-0.15, -0.1) is 0 Å². The number of fused-ring (bicyclic) bond motifs is 3. The largest absolute Gasteiger partial charge is 0.493 e. The van der Waals surface area contributed by atoms with Gasteiger partial charge in [-0.1, -0.05) is 68.3 Å². The number of benzene rings is 2. The maximum absolute atomic E-state index is 13.9. The summed E-state index contributed by atoms with van der Waals surface area (Å²) in [4.78, 5) is 40.5. The van der Waals surface area contributed by atoms with E-state index in [4.69, 9.17) is 4.74 Å². The van der Waals surface area contributed by atoms with Gasteiger partial charge in [0.1, 0.15) is 5.39 Å². The molecule has 7 heteroatoms. The van der Waals surface area contributed by atoms with E-state index in [1.165, 1.54) is 18.1 Å². The molecule has 0 saturated heterocycles. The molecule has 1 aliphatic carbocycles. The summed E-state index contributed by atoms with van der Waals surface area (Å²) in [5.41, 5.74) is 1.76. The molecule has 0 radical (unpaired) electrons. The number of amides is 1. The maximum Gasteiger partial charge on any atom is 0.272 e. The monoisotopic (exact) mass is 485 g/mol. The molecule has 1 aliphatic rings. The van der Waals surface area contributed by atoms with Crippen molar-refractivity contribution in [2.75, 3.05) is 7.11 Å². The molecule has 0 spiro atoms. The topological polar surface area (TPSA) is 82.3 Å². The molecule has 4 aromatic rings. The third-order valence-corrected chi connectivity index (χ3v) is 7.50. The second-order valence-electron chi connectivity index (χ2n) is 9.70. The standard InChI is InChI=1S/C29H31N3O4/c1-18-11-7-9-15-21(18)30-28(34)26-27(36-3)24-25(31(26)2)20-14-8-10-16-22(20)32(29(24)35)17-23(33)19-12-5-4-6-13-19/h4-6,8,10,12-14,16,18,21H,7,9,11,15,17H2,1-3H3,(H,30,34). The lowest BCUT2D eigenvalue weighted by Crippen LogP contribution is -2.41. The molecule has 1 saturated carbocycles. The SMILES string of the molecule is COc1c(C(=O)NC2CCCCC2C)n(C)c2c1c(=O)n(CC(=O)c1ccccc1)c1ccccc21. The van der Waals surface area contributed by atoms with Crippen LogP contribution in [0.4, 0.5) is 0 Å². The summed E-state index contributed by atoms with van der Waals surface area (Å²) >= 11 is 0. The minimum absolute atomic E-state index is 0.0888. The van der Waals surface area contributed by atoms with E-state index >= 15 is 0 Å². The molecule has 0 aliphatic heterocycles. The van der Waals surface area contributed by atoms with E-state index in [-0.39, 0.29) is 35.6 Å². The summed E-state index contributed by atoms with van der Waals surface area (Å²) in [6.07, 6.45) is 4.29. The first-order valence-corrected chi connectivity index (χ1v) is 12.5. The molecule has 2 aromatic carbocycles. The van der Waals surface area contributed by atoms with Gasteiger partial charge < -0.3 is 14.6 Å². The average Bonchev–Trinajstić information content (AvgIpc) is 3.20. The van der Waals surface area contributed by atoms with Gasteiger partial charge in [0, 0.05) is 24.0 Å². The van der Waals surface area contributed by atoms with Gasteiger partial charge in [-0.3, -0.25) is 19.0 Å². The number of pyridine rings is 1. The van der Waals surface area contributed by atoms with Crippen molar-refractivity contribution in [2.24, 2.45) is 13.0 Å². The molecule has 0 bridgehead atoms. The van der Waals surface area contributed by atoms with Crippen molar-refractivity contribution >= 4 is 33.5 Å². The van der Waals surface area contributed by atoms with Gasteiger partial charge in [0.05, 0.1) is 24.7 Å². The van der Waals surface area contributed by atoms with Gasteiger partial charge in [-0.2, -0.15) is 0 Å². The number of ether oxygens (including phenoxy) is 1. The van der Waals surface area contributed by atoms with Gasteiger partial charge in [0.2, 0.25) is 0 Å². The van der Waals surface area contributed by atoms with E-state index in [0.29, 0.717) is 33.6 Å². The molecule has 7 nitrogen and oxygen atoms in total. The molecule has 36 heavy (non-hydrogen) atoms. The van der Waals surface area contributed by atoms with E-state index in [1.807, 2.05) is 30.3 Å². The Balaban J connectivity index is 1.68. The molecule has 5 rings (SSSR count). The van der Waals surface area contributed by atoms with Crippen LogP contribution < -0.4 is 15.6 Å². The van der Waals surface area contributed by atoms with Crippen molar-refractivity contribution < 1.29 is 14.3 Å². The van der Waals surface area contributed by atoms with Crippen molar-refractivity contribution in [3.63, 3.8) is 0 Å². The number of hydrogen-bond donors (Lipinski definition) is 1. The number of carbonyl (C=O) groups is 2. The Morgan fingerprint density at radius 2 is 1.72 bits per heavy atom. The Hall–Kier alpha value is -3.87. The molecular formula is C29H31N3O4. The number of aryl methyl sites for hydroxylation is 1. The maximum atomic E-state index is 13.9. The van der Waals surface area contributed by atoms with Crippen LogP contribution in [-0.2, 0) is 13.6 Å². The van der Waals surface area contributed by atoms with Crippen molar-refractivity contribution in [3.8, 4) is 5.75 Å². The number of methoxy groups -OCH3 is 1. The highest BCUT2D eigenvalue weighted by Crippen LogP contribution is 2.35. The average molecular weight is 486 g/mol. The fourth-order valence-corrected chi connectivity index (χ4v) is 5.56. The van der Waals surface area contributed by atoms with Crippen LogP contribution in [0.1, 0.15) is 53.5 Å². The van der Waals surface area contributed by atoms with Gasteiger partial charge in [0.15, 0.2) is 17.2 Å². The van der Waals surface area contributed by atoms with Crippen LogP contribution in [0.25, 0.3) is 21.8 Å². The Morgan fingerprint density at radius 3 is 2.44 bits per heavy atom. The minimum atomic E-state index is -0.356. The molecule has 1 fully saturated rings. The number of hydrogen-bond acceptors (Lipinski definition) is 4. The third kappa shape index (κ3) is 3.98. The fraction of sp³-hybridized carbons (Fsp3) is 0.345. The second kappa shape index (κ2) is 9.64. The fourth-order valence-electron chi connectivity index (χ4n) is 5.56. The summed E-state index contributed by atoms with van der Waals surface area (Å²) in [6.45, 7) is 2.05. The molecule has 2 heterocycles. The summed E-state index contributed by atoms with van der Waals surface area (Å²) in [6, 6.07) is 16.5. The zero-order valence-corrected chi connectivity index (χ0v) is 20.9. The van der Waals surface area contributed by atoms with Crippen molar-refractivity contribution in [3.05, 3.63) is 76.2 Å². The number of para-hydroxylation sites is 1. The van der Waals surface area contributed by atoms with Gasteiger partial charge in [-0.25, -0.2) is 0 Å². The lowest BCUT2D eigenvalue weighted by Gasteiger charge is -2.29. The van der Waals surface area contributed by atoms with Gasteiger partial charge >= 0.3 is 0 Å². The van der Waals surface area contributed by atoms with Gasteiger partial charge in [-0.05, 0) is 24.8 Å². The second-order valence-corrected chi connectivity index (χ2v) is 9.70. The predicted molar refractivity (Wildman–Crippen MR) is 141 cm³/mol. The number of ketones is 1. The highest BCUT2D eigenvalue weighted by Gasteiger charge is 2.30. The summed E-state index contributed by atoms with van der Waals surface area (Å²) in [5, 5.41) is 4.28. The normalized spacial score (nSPS) is 17.9. The van der Waals surface area contributed by atoms with Crippen LogP contribution in [0.5, 0.6) is 5.75 Å². The van der Waals surface area contributed by atoms with Crippen LogP contribution in [0.15, 0.2) is 59.4 Å². The van der Waals surface area contributed by atoms with Crippen molar-refractivity contribution in [2.45, 2.75) is 45.2 Å². The first kappa shape index (κ1) is 23.9. The van der Waals surface area contributed by atoms with Crippen LogP contribution in [0.2, 0.25) is 0 Å². The van der Waals surface area contributed by atoms with E-state index < -0.39 is 0 Å². The Bertz CT molecular complexity index is 1520. The van der Waals surface area contributed by atoms with E-state index in [9.17, 15) is 14.4 Å². The lowest BCUT2D eigenvalue weighted by atomic mass is 9.86. The van der Waals surface area contributed by atoms with E-state index in [0.717, 1.165) is 24.6 Å². The predicted octanol–water partition coefficient (Wildman–Crippen LogP) is 4.69. The smallest absolute Gasteiger partial charge is 0.272 e. The van der Waals surface area contributed by atoms with Gasteiger partial charge in [0.25, 0.3) is 11.5 Å². The molecule has 2 aromatic heterocycles. The minimum Gasteiger partial charge on any atom is -0.493 e. The zero-order valence-electron chi connectivity index (χ0n) is 20.9. The van der Waals surface area contributed by atoms with Crippen LogP contribution in [0.3, 0.4) is 0 Å². The number of nitrogens with one attached hydrogen (secondary N) is 1. The highest BCUT2D eigenvalue weighted by molar-refractivity contribution is 6.12. The molecule has 2 atom stereocenters. The molecule has 1 N–H and O–H groups in total. The van der Waals surface area contributed by atoms with Crippen LogP contribution >= 0.6 is 0 Å². The Labute approximate surface area is 209 Å². The molecule has 1 amide bonds. The zero-order chi connectivity index (χ0) is 25.4. The van der Waals surface area contributed by atoms with E-state index in [2.05, 4.69) is 12.2 Å². The Kier molecular flexibility index (Phi) is 6.39. The third-order valence-electron chi connectivity index (χ3n) is 7.50. The molecule has 186 valence electrons. The summed E-state index contributed by atoms with van der Waals surface area (Å²) < 4.78 is 8.95. The first-order chi connectivity index (χ1) is 17.4.